The normalized spacial score (nSPS) is 12.8. The van der Waals surface area contributed by atoms with Gasteiger partial charge in [-0.25, -0.2) is 9.48 Å². The van der Waals surface area contributed by atoms with Crippen molar-refractivity contribution in [3.05, 3.63) is 70.4 Å². The molecule has 0 amide bonds. The van der Waals surface area contributed by atoms with Crippen molar-refractivity contribution in [3.8, 4) is 22.5 Å². The number of tetrazole rings is 1. The summed E-state index contributed by atoms with van der Waals surface area (Å²) >= 11 is 0. The Morgan fingerprint density at radius 3 is 2.38 bits per heavy atom. The standard InChI is InChI=1S/C24H29N7O/c1-6-16(2)22-27-31(24(3,4)5)23(32)30(22)15-17-10-12-18(13-11-17)19-8-7-9-20(14-19)21-25-28-29-26-21/h7-14,16H,6,15H2,1-5H3,(H,25,26,28,29). The van der Waals surface area contributed by atoms with E-state index in [2.05, 4.69) is 64.8 Å². The number of rotatable bonds is 6. The van der Waals surface area contributed by atoms with Crippen LogP contribution in [0.15, 0.2) is 53.3 Å². The number of hydrogen-bond donors (Lipinski definition) is 1. The largest absolute Gasteiger partial charge is 0.346 e. The van der Waals surface area contributed by atoms with Gasteiger partial charge in [-0.05, 0) is 55.2 Å². The molecule has 0 aliphatic rings. The van der Waals surface area contributed by atoms with Crippen LogP contribution in [0.1, 0.15) is 58.3 Å². The molecule has 0 fully saturated rings. The van der Waals surface area contributed by atoms with E-state index in [4.69, 9.17) is 5.10 Å². The fourth-order valence-electron chi connectivity index (χ4n) is 3.65. The highest BCUT2D eigenvalue weighted by Crippen LogP contribution is 2.25. The smallest absolute Gasteiger partial charge is 0.274 e. The van der Waals surface area contributed by atoms with Gasteiger partial charge in [0.15, 0.2) is 0 Å². The third kappa shape index (κ3) is 4.26. The second kappa shape index (κ2) is 8.53. The van der Waals surface area contributed by atoms with Gasteiger partial charge >= 0.3 is 5.69 Å². The zero-order valence-corrected chi connectivity index (χ0v) is 19.2. The van der Waals surface area contributed by atoms with Crippen molar-refractivity contribution in [2.75, 3.05) is 0 Å². The van der Waals surface area contributed by atoms with Crippen molar-refractivity contribution >= 4 is 0 Å². The molecule has 4 rings (SSSR count). The predicted molar refractivity (Wildman–Crippen MR) is 124 cm³/mol. The van der Waals surface area contributed by atoms with Crippen LogP contribution in [0, 0.1) is 0 Å². The van der Waals surface area contributed by atoms with Crippen LogP contribution >= 0.6 is 0 Å². The van der Waals surface area contributed by atoms with Gasteiger partial charge in [-0.2, -0.15) is 10.3 Å². The van der Waals surface area contributed by atoms with E-state index in [1.807, 2.05) is 43.5 Å². The number of benzene rings is 2. The number of nitrogens with one attached hydrogen (secondary N) is 1. The summed E-state index contributed by atoms with van der Waals surface area (Å²) in [6.45, 7) is 10.7. The summed E-state index contributed by atoms with van der Waals surface area (Å²) < 4.78 is 3.41. The minimum absolute atomic E-state index is 0.0651. The molecule has 1 unspecified atom stereocenters. The first-order valence-electron chi connectivity index (χ1n) is 10.9. The Hall–Kier alpha value is -3.55. The van der Waals surface area contributed by atoms with Gasteiger partial charge in [0.2, 0.25) is 5.82 Å². The lowest BCUT2D eigenvalue weighted by atomic mass is 10.0. The molecule has 8 nitrogen and oxygen atoms in total. The minimum atomic E-state index is -0.363. The molecule has 0 aliphatic carbocycles. The Morgan fingerprint density at radius 2 is 1.75 bits per heavy atom. The Kier molecular flexibility index (Phi) is 5.78. The van der Waals surface area contributed by atoms with E-state index in [1.54, 1.807) is 4.68 Å². The lowest BCUT2D eigenvalue weighted by molar-refractivity contribution is 0.339. The maximum atomic E-state index is 13.1. The molecular weight excluding hydrogens is 402 g/mol. The van der Waals surface area contributed by atoms with Crippen LogP contribution in [0.4, 0.5) is 0 Å². The molecule has 0 aliphatic heterocycles. The summed E-state index contributed by atoms with van der Waals surface area (Å²) in [5.41, 5.74) is 3.68. The number of H-pyrrole nitrogens is 1. The van der Waals surface area contributed by atoms with E-state index >= 15 is 0 Å². The van der Waals surface area contributed by atoms with Gasteiger partial charge in [0.25, 0.3) is 0 Å². The highest BCUT2D eigenvalue weighted by Gasteiger charge is 2.24. The van der Waals surface area contributed by atoms with Crippen molar-refractivity contribution in [2.45, 2.75) is 59.0 Å². The van der Waals surface area contributed by atoms with E-state index in [-0.39, 0.29) is 17.1 Å². The van der Waals surface area contributed by atoms with Crippen molar-refractivity contribution in [1.82, 2.24) is 35.0 Å². The SMILES string of the molecule is CCC(C)c1nn(C(C)(C)C)c(=O)n1Cc1ccc(-c2cccc(-c3nn[nH]n3)c2)cc1. The van der Waals surface area contributed by atoms with E-state index in [0.717, 1.165) is 34.5 Å². The molecule has 0 spiro atoms. The summed E-state index contributed by atoms with van der Waals surface area (Å²) in [6, 6.07) is 16.3. The van der Waals surface area contributed by atoms with Crippen LogP contribution in [0.2, 0.25) is 0 Å². The predicted octanol–water partition coefficient (Wildman–Crippen LogP) is 4.21. The zero-order chi connectivity index (χ0) is 22.9. The summed E-state index contributed by atoms with van der Waals surface area (Å²) in [5, 5.41) is 18.9. The Bertz CT molecular complexity index is 1240. The minimum Gasteiger partial charge on any atom is -0.274 e. The number of hydrogen-bond acceptors (Lipinski definition) is 5. The molecule has 8 heteroatoms. The van der Waals surface area contributed by atoms with Gasteiger partial charge < -0.3 is 0 Å². The number of nitrogens with zero attached hydrogens (tertiary/aromatic N) is 6. The van der Waals surface area contributed by atoms with Crippen LogP contribution in [0.25, 0.3) is 22.5 Å². The van der Waals surface area contributed by atoms with E-state index in [0.29, 0.717) is 12.4 Å². The maximum absolute atomic E-state index is 13.1. The molecule has 2 aromatic carbocycles. The molecule has 2 aromatic heterocycles. The summed E-state index contributed by atoms with van der Waals surface area (Å²) in [5.74, 6) is 1.61. The molecule has 32 heavy (non-hydrogen) atoms. The molecule has 166 valence electrons. The first-order valence-corrected chi connectivity index (χ1v) is 10.9. The molecule has 1 N–H and O–H groups in total. The fourth-order valence-corrected chi connectivity index (χ4v) is 3.65. The van der Waals surface area contributed by atoms with Crippen LogP contribution in [0.3, 0.4) is 0 Å². The van der Waals surface area contributed by atoms with Gasteiger partial charge in [-0.15, -0.1) is 10.2 Å². The van der Waals surface area contributed by atoms with Gasteiger partial charge in [0, 0.05) is 11.5 Å². The van der Waals surface area contributed by atoms with Crippen LogP contribution in [0.5, 0.6) is 0 Å². The summed E-state index contributed by atoms with van der Waals surface area (Å²) in [6.07, 6.45) is 0.927. The molecule has 0 radical (unpaired) electrons. The van der Waals surface area contributed by atoms with Crippen LogP contribution in [-0.2, 0) is 12.1 Å². The number of aromatic nitrogens is 7. The first-order chi connectivity index (χ1) is 15.3. The molecule has 0 saturated carbocycles. The summed E-state index contributed by atoms with van der Waals surface area (Å²) in [7, 11) is 0. The van der Waals surface area contributed by atoms with E-state index in [1.165, 1.54) is 0 Å². The second-order valence-electron chi connectivity index (χ2n) is 9.13. The highest BCUT2D eigenvalue weighted by molar-refractivity contribution is 5.70. The molecule has 0 saturated heterocycles. The second-order valence-corrected chi connectivity index (χ2v) is 9.13. The topological polar surface area (TPSA) is 94.3 Å². The molecule has 1 atom stereocenters. The average Bonchev–Trinajstić information content (AvgIpc) is 3.43. The van der Waals surface area contributed by atoms with Gasteiger partial charge in [0.05, 0.1) is 12.1 Å². The molecule has 0 bridgehead atoms. The van der Waals surface area contributed by atoms with Crippen molar-refractivity contribution in [3.63, 3.8) is 0 Å². The van der Waals surface area contributed by atoms with Gasteiger partial charge in [-0.3, -0.25) is 4.57 Å². The Morgan fingerprint density at radius 1 is 1.03 bits per heavy atom. The lowest BCUT2D eigenvalue weighted by Crippen LogP contribution is -2.36. The lowest BCUT2D eigenvalue weighted by Gasteiger charge is -2.17. The van der Waals surface area contributed by atoms with Crippen molar-refractivity contribution in [1.29, 1.82) is 0 Å². The third-order valence-electron chi connectivity index (χ3n) is 5.67. The Labute approximate surface area is 187 Å². The average molecular weight is 432 g/mol. The highest BCUT2D eigenvalue weighted by atomic mass is 16.2. The molecular formula is C24H29N7O. The van der Waals surface area contributed by atoms with Crippen LogP contribution in [-0.4, -0.2) is 35.0 Å². The zero-order valence-electron chi connectivity index (χ0n) is 19.2. The van der Waals surface area contributed by atoms with Crippen molar-refractivity contribution in [2.24, 2.45) is 0 Å². The third-order valence-corrected chi connectivity index (χ3v) is 5.67. The first kappa shape index (κ1) is 21.7. The molecule has 4 aromatic rings. The van der Waals surface area contributed by atoms with E-state index in [9.17, 15) is 4.79 Å². The Balaban J connectivity index is 1.63. The van der Waals surface area contributed by atoms with Gasteiger partial charge in [0.1, 0.15) is 5.82 Å². The van der Waals surface area contributed by atoms with Gasteiger partial charge in [-0.1, -0.05) is 56.3 Å². The maximum Gasteiger partial charge on any atom is 0.346 e. The van der Waals surface area contributed by atoms with Crippen molar-refractivity contribution < 1.29 is 0 Å². The quantitative estimate of drug-likeness (QED) is 0.493. The summed E-state index contributed by atoms with van der Waals surface area (Å²) in [4.78, 5) is 13.1. The van der Waals surface area contributed by atoms with Crippen LogP contribution < -0.4 is 5.69 Å². The fraction of sp³-hybridized carbons (Fsp3) is 0.375. The monoisotopic (exact) mass is 431 g/mol. The molecule has 2 heterocycles. The van der Waals surface area contributed by atoms with E-state index < -0.39 is 0 Å². The number of aromatic amines is 1.